The second-order valence-corrected chi connectivity index (χ2v) is 10.3. The highest BCUT2D eigenvalue weighted by molar-refractivity contribution is 5.89. The number of carbonyl (C=O) groups is 4. The lowest BCUT2D eigenvalue weighted by atomic mass is 10.0. The minimum Gasteiger partial charge on any atom is -0.480 e. The monoisotopic (exact) mass is 559 g/mol. The summed E-state index contributed by atoms with van der Waals surface area (Å²) in [6.07, 6.45) is -1.69. The summed E-state index contributed by atoms with van der Waals surface area (Å²) in [7, 11) is 0. The Morgan fingerprint density at radius 2 is 1.43 bits per heavy atom. The Bertz CT molecular complexity index is 1200. The van der Waals surface area contributed by atoms with Crippen LogP contribution in [0.3, 0.4) is 0 Å². The number of nitro groups is 1. The predicted octanol–water partition coefficient (Wildman–Crippen LogP) is 4.22. The second kappa shape index (κ2) is 13.9. The van der Waals surface area contributed by atoms with Gasteiger partial charge in [-0.15, -0.1) is 0 Å². The number of alkyl carbamates (subject to hydrolysis) is 1. The van der Waals surface area contributed by atoms with Crippen LogP contribution in [-0.2, 0) is 20.7 Å². The molecule has 0 saturated carbocycles. The first-order valence-electron chi connectivity index (χ1n) is 12.4. The average molecular weight is 560 g/mol. The van der Waals surface area contributed by atoms with Crippen molar-refractivity contribution >= 4 is 29.8 Å². The van der Waals surface area contributed by atoms with Crippen LogP contribution in [0.25, 0.3) is 0 Å². The summed E-state index contributed by atoms with van der Waals surface area (Å²) in [5.74, 6) is -1.77. The van der Waals surface area contributed by atoms with Gasteiger partial charge in [0.25, 0.3) is 5.69 Å². The van der Waals surface area contributed by atoms with Gasteiger partial charge >= 0.3 is 18.2 Å². The van der Waals surface area contributed by atoms with Gasteiger partial charge < -0.3 is 30.0 Å². The van der Waals surface area contributed by atoms with E-state index in [9.17, 15) is 34.4 Å². The Morgan fingerprint density at radius 1 is 0.900 bits per heavy atom. The first kappa shape index (κ1) is 31.5. The molecule has 2 amide bonds. The zero-order chi connectivity index (χ0) is 30.0. The van der Waals surface area contributed by atoms with Crippen molar-refractivity contribution in [1.82, 2.24) is 10.6 Å². The maximum atomic E-state index is 12.9. The van der Waals surface area contributed by atoms with Crippen LogP contribution < -0.4 is 20.1 Å². The van der Waals surface area contributed by atoms with Crippen molar-refractivity contribution in [2.75, 3.05) is 0 Å². The van der Waals surface area contributed by atoms with Gasteiger partial charge in [-0.05, 0) is 62.9 Å². The molecule has 2 aromatic carbocycles. The number of nitrogens with zero attached hydrogens (tertiary/aromatic N) is 1. The van der Waals surface area contributed by atoms with Crippen molar-refractivity contribution in [1.29, 1.82) is 0 Å². The van der Waals surface area contributed by atoms with Crippen molar-refractivity contribution in [2.45, 2.75) is 65.1 Å². The van der Waals surface area contributed by atoms with Crippen molar-refractivity contribution in [3.63, 3.8) is 0 Å². The molecule has 216 valence electrons. The summed E-state index contributed by atoms with van der Waals surface area (Å²) in [5, 5.41) is 25.4. The highest BCUT2D eigenvalue weighted by Gasteiger charge is 2.29. The Kier molecular flexibility index (Phi) is 11.0. The standard InChI is InChI=1S/C27H33N3O10/c1-16(2)14-21(29-25(34)40-27(3,4)5)23(31)28-22(24(32)33)15-17-6-10-19(11-7-17)38-26(35)39-20-12-8-18(9-13-20)30(36)37/h6-13,16,21-22H,14-15H2,1-5H3,(H,28,31)(H,29,34)(H,32,33). The van der Waals surface area contributed by atoms with Crippen LogP contribution in [0.5, 0.6) is 11.5 Å². The maximum Gasteiger partial charge on any atom is 0.519 e. The molecule has 13 nitrogen and oxygen atoms in total. The summed E-state index contributed by atoms with van der Waals surface area (Å²) in [6.45, 7) is 8.77. The van der Waals surface area contributed by atoms with E-state index in [1.165, 1.54) is 48.5 Å². The molecule has 2 unspecified atom stereocenters. The molecule has 0 fully saturated rings. The fourth-order valence-electron chi connectivity index (χ4n) is 3.40. The molecule has 3 N–H and O–H groups in total. The minimum absolute atomic E-state index is 0.0219. The third kappa shape index (κ3) is 11.0. The number of aliphatic carboxylic acids is 1. The molecular formula is C27H33N3O10. The molecule has 2 rings (SSSR count). The van der Waals surface area contributed by atoms with Gasteiger partial charge in [-0.2, -0.15) is 0 Å². The molecular weight excluding hydrogens is 526 g/mol. The fourth-order valence-corrected chi connectivity index (χ4v) is 3.40. The SMILES string of the molecule is CC(C)CC(NC(=O)OC(C)(C)C)C(=O)NC(Cc1ccc(OC(=O)Oc2ccc([N+](=O)[O-])cc2)cc1)C(=O)O. The Labute approximate surface area is 230 Å². The number of nitro benzene ring substituents is 1. The highest BCUT2D eigenvalue weighted by atomic mass is 16.7. The number of hydrogen-bond acceptors (Lipinski definition) is 9. The van der Waals surface area contributed by atoms with Gasteiger partial charge in [0, 0.05) is 18.6 Å². The van der Waals surface area contributed by atoms with E-state index < -0.39 is 46.7 Å². The quantitative estimate of drug-likeness (QED) is 0.156. The minimum atomic E-state index is -1.30. The van der Waals surface area contributed by atoms with Gasteiger partial charge in [0.05, 0.1) is 4.92 Å². The molecule has 0 heterocycles. The normalized spacial score (nSPS) is 12.6. The number of amides is 2. The van der Waals surface area contributed by atoms with Crippen LogP contribution in [-0.4, -0.2) is 51.8 Å². The number of ether oxygens (including phenoxy) is 3. The van der Waals surface area contributed by atoms with E-state index in [0.717, 1.165) is 0 Å². The van der Waals surface area contributed by atoms with E-state index in [-0.39, 0.29) is 35.9 Å². The zero-order valence-electron chi connectivity index (χ0n) is 22.8. The third-order valence-corrected chi connectivity index (χ3v) is 5.14. The fraction of sp³-hybridized carbons (Fsp3) is 0.407. The Morgan fingerprint density at radius 3 is 1.88 bits per heavy atom. The molecule has 0 aliphatic heterocycles. The van der Waals surface area contributed by atoms with Crippen LogP contribution in [0.2, 0.25) is 0 Å². The number of carboxylic acids is 1. The van der Waals surface area contributed by atoms with E-state index in [1.807, 2.05) is 13.8 Å². The molecule has 0 bridgehead atoms. The molecule has 40 heavy (non-hydrogen) atoms. The summed E-state index contributed by atoms with van der Waals surface area (Å²) >= 11 is 0. The molecule has 0 aromatic heterocycles. The van der Waals surface area contributed by atoms with Gasteiger partial charge in [0.15, 0.2) is 0 Å². The predicted molar refractivity (Wildman–Crippen MR) is 142 cm³/mol. The van der Waals surface area contributed by atoms with Crippen molar-refractivity contribution in [2.24, 2.45) is 5.92 Å². The van der Waals surface area contributed by atoms with Gasteiger partial charge in [0.2, 0.25) is 5.91 Å². The topological polar surface area (TPSA) is 183 Å². The number of nitrogens with one attached hydrogen (secondary N) is 2. The average Bonchev–Trinajstić information content (AvgIpc) is 2.83. The number of carbonyl (C=O) groups excluding carboxylic acids is 3. The van der Waals surface area contributed by atoms with E-state index in [0.29, 0.717) is 5.56 Å². The van der Waals surface area contributed by atoms with Crippen molar-refractivity contribution < 1.29 is 43.4 Å². The maximum absolute atomic E-state index is 12.9. The van der Waals surface area contributed by atoms with Crippen molar-refractivity contribution in [3.8, 4) is 11.5 Å². The molecule has 0 aliphatic carbocycles. The second-order valence-electron chi connectivity index (χ2n) is 10.3. The van der Waals surface area contributed by atoms with Gasteiger partial charge in [-0.1, -0.05) is 26.0 Å². The number of benzene rings is 2. The number of rotatable bonds is 11. The summed E-state index contributed by atoms with van der Waals surface area (Å²) < 4.78 is 15.3. The van der Waals surface area contributed by atoms with Crippen LogP contribution in [0, 0.1) is 16.0 Å². The largest absolute Gasteiger partial charge is 0.519 e. The summed E-state index contributed by atoms with van der Waals surface area (Å²) in [5.41, 5.74) is -0.421. The van der Waals surface area contributed by atoms with Crippen LogP contribution in [0.15, 0.2) is 48.5 Å². The lowest BCUT2D eigenvalue weighted by molar-refractivity contribution is -0.384. The molecule has 2 aromatic rings. The number of carboxylic acid groups (broad SMARTS) is 1. The van der Waals surface area contributed by atoms with Crippen LogP contribution in [0.1, 0.15) is 46.6 Å². The van der Waals surface area contributed by atoms with E-state index in [2.05, 4.69) is 10.6 Å². The van der Waals surface area contributed by atoms with E-state index in [4.69, 9.17) is 14.2 Å². The van der Waals surface area contributed by atoms with E-state index in [1.54, 1.807) is 20.8 Å². The lowest BCUT2D eigenvalue weighted by Gasteiger charge is -2.25. The van der Waals surface area contributed by atoms with Crippen LogP contribution in [0.4, 0.5) is 15.3 Å². The number of hydrogen-bond donors (Lipinski definition) is 3. The van der Waals surface area contributed by atoms with Crippen LogP contribution >= 0.6 is 0 Å². The molecule has 2 atom stereocenters. The number of non-ortho nitro benzene ring substituents is 1. The summed E-state index contributed by atoms with van der Waals surface area (Å²) in [4.78, 5) is 59.2. The van der Waals surface area contributed by atoms with Gasteiger partial charge in [0.1, 0.15) is 29.2 Å². The Hall–Kier alpha value is -4.68. The molecule has 13 heteroatoms. The summed E-state index contributed by atoms with van der Waals surface area (Å²) in [6, 6.07) is 8.40. The smallest absolute Gasteiger partial charge is 0.480 e. The first-order valence-corrected chi connectivity index (χ1v) is 12.4. The molecule has 0 spiro atoms. The van der Waals surface area contributed by atoms with Crippen molar-refractivity contribution in [3.05, 3.63) is 64.2 Å². The first-order chi connectivity index (χ1) is 18.6. The van der Waals surface area contributed by atoms with Gasteiger partial charge in [-0.25, -0.2) is 14.4 Å². The highest BCUT2D eigenvalue weighted by Crippen LogP contribution is 2.19. The molecule has 0 radical (unpaired) electrons. The van der Waals surface area contributed by atoms with E-state index >= 15 is 0 Å². The van der Waals surface area contributed by atoms with Gasteiger partial charge in [-0.3, -0.25) is 14.9 Å². The lowest BCUT2D eigenvalue weighted by Crippen LogP contribution is -2.53. The Balaban J connectivity index is 2.00. The molecule has 0 saturated heterocycles. The zero-order valence-corrected chi connectivity index (χ0v) is 22.8. The molecule has 0 aliphatic rings. The third-order valence-electron chi connectivity index (χ3n) is 5.14.